The molecule has 0 atom stereocenters. The Bertz CT molecular complexity index is 646. The van der Waals surface area contributed by atoms with Gasteiger partial charge in [-0.3, -0.25) is 4.99 Å². The number of guanidine groups is 1. The standard InChI is InChI=1S/C16H21F3N4/c1-20-15(22-10-8-16(17,18)19)21-9-4-11-23-12-7-13-5-2-3-6-14(13)23/h2-3,5-7,12H,4,8-11H2,1H3,(H2,20,21,22). The fourth-order valence-electron chi connectivity index (χ4n) is 2.34. The summed E-state index contributed by atoms with van der Waals surface area (Å²) in [5.41, 5.74) is 1.18. The normalized spacial score (nSPS) is 12.6. The molecule has 0 spiro atoms. The topological polar surface area (TPSA) is 41.4 Å². The molecule has 0 saturated heterocycles. The fraction of sp³-hybridized carbons (Fsp3) is 0.438. The minimum absolute atomic E-state index is 0.175. The van der Waals surface area contributed by atoms with Gasteiger partial charge in [-0.2, -0.15) is 13.2 Å². The summed E-state index contributed by atoms with van der Waals surface area (Å²) in [7, 11) is 1.54. The molecule has 0 fully saturated rings. The van der Waals surface area contributed by atoms with Crippen LogP contribution in [0.25, 0.3) is 10.9 Å². The number of halogens is 3. The van der Waals surface area contributed by atoms with Crippen molar-refractivity contribution in [1.29, 1.82) is 0 Å². The Balaban J connectivity index is 1.71. The Morgan fingerprint density at radius 2 is 1.87 bits per heavy atom. The van der Waals surface area contributed by atoms with E-state index in [0.717, 1.165) is 13.0 Å². The van der Waals surface area contributed by atoms with Crippen LogP contribution in [0.2, 0.25) is 0 Å². The van der Waals surface area contributed by atoms with Crippen molar-refractivity contribution >= 4 is 16.9 Å². The van der Waals surface area contributed by atoms with Gasteiger partial charge in [0.1, 0.15) is 0 Å². The summed E-state index contributed by atoms with van der Waals surface area (Å²) in [5.74, 6) is 0.395. The summed E-state index contributed by atoms with van der Waals surface area (Å²) in [6.45, 7) is 1.30. The lowest BCUT2D eigenvalue weighted by atomic mass is 10.2. The Hall–Kier alpha value is -2.18. The van der Waals surface area contributed by atoms with Crippen LogP contribution in [0.5, 0.6) is 0 Å². The van der Waals surface area contributed by atoms with E-state index in [1.54, 1.807) is 7.05 Å². The van der Waals surface area contributed by atoms with Crippen molar-refractivity contribution in [1.82, 2.24) is 15.2 Å². The van der Waals surface area contributed by atoms with Crippen LogP contribution in [0.3, 0.4) is 0 Å². The van der Waals surface area contributed by atoms with Crippen LogP contribution in [0.1, 0.15) is 12.8 Å². The molecule has 0 saturated carbocycles. The molecule has 1 aromatic carbocycles. The van der Waals surface area contributed by atoms with Crippen molar-refractivity contribution in [2.45, 2.75) is 25.6 Å². The first-order valence-electron chi connectivity index (χ1n) is 7.55. The molecule has 126 valence electrons. The van der Waals surface area contributed by atoms with E-state index >= 15 is 0 Å². The summed E-state index contributed by atoms with van der Waals surface area (Å²) in [5, 5.41) is 6.88. The Labute approximate surface area is 133 Å². The highest BCUT2D eigenvalue weighted by molar-refractivity contribution is 5.80. The second-order valence-corrected chi connectivity index (χ2v) is 5.21. The molecule has 23 heavy (non-hydrogen) atoms. The number of hydrogen-bond donors (Lipinski definition) is 2. The van der Waals surface area contributed by atoms with Crippen molar-refractivity contribution in [3.05, 3.63) is 36.5 Å². The van der Waals surface area contributed by atoms with E-state index < -0.39 is 12.6 Å². The molecular weight excluding hydrogens is 305 g/mol. The number of alkyl halides is 3. The number of benzene rings is 1. The van der Waals surface area contributed by atoms with Gasteiger partial charge in [-0.25, -0.2) is 0 Å². The maximum absolute atomic E-state index is 12.1. The van der Waals surface area contributed by atoms with Crippen LogP contribution >= 0.6 is 0 Å². The smallest absolute Gasteiger partial charge is 0.356 e. The van der Waals surface area contributed by atoms with Crippen molar-refractivity contribution in [3.63, 3.8) is 0 Å². The number of nitrogens with one attached hydrogen (secondary N) is 2. The third-order valence-electron chi connectivity index (χ3n) is 3.47. The molecule has 2 aromatic rings. The molecule has 0 amide bonds. The van der Waals surface area contributed by atoms with Gasteiger partial charge in [-0.05, 0) is 23.9 Å². The average molecular weight is 326 g/mol. The number of aryl methyl sites for hydroxylation is 1. The van der Waals surface area contributed by atoms with Crippen LogP contribution in [-0.4, -0.2) is 36.8 Å². The van der Waals surface area contributed by atoms with Crippen LogP contribution in [0.15, 0.2) is 41.5 Å². The fourth-order valence-corrected chi connectivity index (χ4v) is 2.34. The molecular formula is C16H21F3N4. The largest absolute Gasteiger partial charge is 0.390 e. The third kappa shape index (κ3) is 5.50. The highest BCUT2D eigenvalue weighted by Gasteiger charge is 2.26. The molecule has 2 N–H and O–H groups in total. The maximum atomic E-state index is 12.1. The Morgan fingerprint density at radius 3 is 2.61 bits per heavy atom. The number of nitrogens with zero attached hydrogens (tertiary/aromatic N) is 2. The van der Waals surface area contributed by atoms with Crippen LogP contribution in [0.4, 0.5) is 13.2 Å². The second kappa shape index (κ2) is 7.89. The van der Waals surface area contributed by atoms with Gasteiger partial charge >= 0.3 is 6.18 Å². The zero-order valence-electron chi connectivity index (χ0n) is 13.0. The number of hydrogen-bond acceptors (Lipinski definition) is 1. The van der Waals surface area contributed by atoms with Gasteiger partial charge in [0.05, 0.1) is 6.42 Å². The lowest BCUT2D eigenvalue weighted by Crippen LogP contribution is -2.39. The summed E-state index contributed by atoms with van der Waals surface area (Å²) in [6.07, 6.45) is -2.13. The lowest BCUT2D eigenvalue weighted by molar-refractivity contribution is -0.132. The molecule has 7 heteroatoms. The molecule has 0 unspecified atom stereocenters. The van der Waals surface area contributed by atoms with Gasteiger partial charge in [0.15, 0.2) is 5.96 Å². The first-order valence-corrected chi connectivity index (χ1v) is 7.55. The van der Waals surface area contributed by atoms with Crippen molar-refractivity contribution in [2.75, 3.05) is 20.1 Å². The SMILES string of the molecule is CN=C(NCCCn1ccc2ccccc21)NCCC(F)(F)F. The summed E-state index contributed by atoms with van der Waals surface area (Å²) < 4.78 is 38.5. The van der Waals surface area contributed by atoms with Crippen molar-refractivity contribution in [3.8, 4) is 0 Å². The number of rotatable bonds is 6. The van der Waals surface area contributed by atoms with Crippen molar-refractivity contribution in [2.24, 2.45) is 4.99 Å². The van der Waals surface area contributed by atoms with Gasteiger partial charge in [0, 0.05) is 38.4 Å². The van der Waals surface area contributed by atoms with E-state index in [2.05, 4.69) is 38.4 Å². The number of para-hydroxylation sites is 1. The van der Waals surface area contributed by atoms with Crippen LogP contribution < -0.4 is 10.6 Å². The van der Waals surface area contributed by atoms with E-state index in [-0.39, 0.29) is 6.54 Å². The monoisotopic (exact) mass is 326 g/mol. The minimum atomic E-state index is -4.15. The van der Waals surface area contributed by atoms with Gasteiger partial charge in [-0.1, -0.05) is 18.2 Å². The zero-order chi connectivity index (χ0) is 16.7. The molecule has 1 aromatic heterocycles. The minimum Gasteiger partial charge on any atom is -0.356 e. The first-order chi connectivity index (χ1) is 11.0. The number of fused-ring (bicyclic) bond motifs is 1. The van der Waals surface area contributed by atoms with Gasteiger partial charge in [0.2, 0.25) is 0 Å². The molecule has 0 aliphatic rings. The molecule has 0 bridgehead atoms. The summed E-state index contributed by atoms with van der Waals surface area (Å²) in [4.78, 5) is 3.91. The predicted molar refractivity (Wildman–Crippen MR) is 86.6 cm³/mol. The van der Waals surface area contributed by atoms with Crippen LogP contribution in [-0.2, 0) is 6.54 Å². The van der Waals surface area contributed by atoms with Gasteiger partial charge in [0.25, 0.3) is 0 Å². The van der Waals surface area contributed by atoms with E-state index in [1.807, 2.05) is 18.3 Å². The Morgan fingerprint density at radius 1 is 1.13 bits per heavy atom. The molecule has 0 aliphatic carbocycles. The number of aromatic nitrogens is 1. The van der Waals surface area contributed by atoms with E-state index in [9.17, 15) is 13.2 Å². The lowest BCUT2D eigenvalue weighted by Gasteiger charge is -2.13. The molecule has 0 radical (unpaired) electrons. The summed E-state index contributed by atoms with van der Waals surface area (Å²) in [6, 6.07) is 10.2. The van der Waals surface area contributed by atoms with Gasteiger partial charge in [-0.15, -0.1) is 0 Å². The molecule has 2 rings (SSSR count). The quantitative estimate of drug-likeness (QED) is 0.486. The average Bonchev–Trinajstić information content (AvgIpc) is 2.92. The third-order valence-corrected chi connectivity index (χ3v) is 3.47. The summed E-state index contributed by atoms with van der Waals surface area (Å²) >= 11 is 0. The second-order valence-electron chi connectivity index (χ2n) is 5.21. The van der Waals surface area contributed by atoms with Gasteiger partial charge < -0.3 is 15.2 Å². The van der Waals surface area contributed by atoms with E-state index in [1.165, 1.54) is 10.9 Å². The molecule has 4 nitrogen and oxygen atoms in total. The number of aliphatic imine (C=N–C) groups is 1. The maximum Gasteiger partial charge on any atom is 0.390 e. The predicted octanol–water partition coefficient (Wildman–Crippen LogP) is 3.15. The van der Waals surface area contributed by atoms with E-state index in [4.69, 9.17) is 0 Å². The first kappa shape index (κ1) is 17.2. The molecule has 0 aliphatic heterocycles. The van der Waals surface area contributed by atoms with Crippen LogP contribution in [0, 0.1) is 0 Å². The Kier molecular flexibility index (Phi) is 5.90. The highest BCUT2D eigenvalue weighted by atomic mass is 19.4. The van der Waals surface area contributed by atoms with Crippen molar-refractivity contribution < 1.29 is 13.2 Å². The van der Waals surface area contributed by atoms with E-state index in [0.29, 0.717) is 12.5 Å². The highest BCUT2D eigenvalue weighted by Crippen LogP contribution is 2.18. The zero-order valence-corrected chi connectivity index (χ0v) is 13.0. The molecule has 1 heterocycles.